The molecule has 18 heavy (non-hydrogen) atoms. The second-order valence-corrected chi connectivity index (χ2v) is 4.08. The van der Waals surface area contributed by atoms with Crippen LogP contribution in [0, 0.1) is 6.92 Å². The van der Waals surface area contributed by atoms with Crippen molar-refractivity contribution in [2.75, 3.05) is 5.32 Å². The zero-order valence-corrected chi connectivity index (χ0v) is 10.0. The van der Waals surface area contributed by atoms with E-state index >= 15 is 0 Å². The minimum absolute atomic E-state index is 0.693. The number of H-pyrrole nitrogens is 1. The van der Waals surface area contributed by atoms with E-state index in [0.717, 1.165) is 23.7 Å². The molecule has 2 N–H and O–H groups in total. The summed E-state index contributed by atoms with van der Waals surface area (Å²) in [6.07, 6.45) is 1.52. The maximum atomic E-state index is 4.28. The molecule has 0 amide bonds. The molecule has 2 aromatic heterocycles. The molecular formula is C13H13N5. The molecule has 0 aliphatic heterocycles. The van der Waals surface area contributed by atoms with Crippen LogP contribution >= 0.6 is 0 Å². The summed E-state index contributed by atoms with van der Waals surface area (Å²) in [5.74, 6) is 1.62. The molecule has 0 saturated heterocycles. The number of aromatic nitrogens is 4. The largest absolute Gasteiger partial charge is 0.364 e. The minimum atomic E-state index is 0.693. The van der Waals surface area contributed by atoms with Gasteiger partial charge < -0.3 is 10.3 Å². The van der Waals surface area contributed by atoms with Crippen molar-refractivity contribution in [2.45, 2.75) is 13.5 Å². The summed E-state index contributed by atoms with van der Waals surface area (Å²) >= 11 is 0. The van der Waals surface area contributed by atoms with E-state index in [4.69, 9.17) is 0 Å². The van der Waals surface area contributed by atoms with Crippen LogP contribution < -0.4 is 5.32 Å². The third kappa shape index (κ3) is 2.02. The van der Waals surface area contributed by atoms with Crippen molar-refractivity contribution in [3.63, 3.8) is 0 Å². The third-order valence-electron chi connectivity index (χ3n) is 2.71. The van der Waals surface area contributed by atoms with Gasteiger partial charge in [0.15, 0.2) is 11.5 Å². The summed E-state index contributed by atoms with van der Waals surface area (Å²) in [4.78, 5) is 15.8. The fourth-order valence-corrected chi connectivity index (χ4v) is 1.86. The second-order valence-electron chi connectivity index (χ2n) is 4.08. The third-order valence-corrected chi connectivity index (χ3v) is 2.71. The maximum Gasteiger partial charge on any atom is 0.183 e. The van der Waals surface area contributed by atoms with Gasteiger partial charge in [-0.3, -0.25) is 0 Å². The predicted octanol–water partition coefficient (Wildman–Crippen LogP) is 2.27. The number of benzene rings is 1. The Morgan fingerprint density at radius 2 is 2.00 bits per heavy atom. The Bertz CT molecular complexity index is 659. The average molecular weight is 239 g/mol. The Balaban J connectivity index is 1.86. The summed E-state index contributed by atoms with van der Waals surface area (Å²) in [5, 5.41) is 3.29. The van der Waals surface area contributed by atoms with E-state index in [0.29, 0.717) is 5.65 Å². The molecule has 3 aromatic rings. The van der Waals surface area contributed by atoms with Crippen molar-refractivity contribution < 1.29 is 0 Å². The molecule has 0 spiro atoms. The van der Waals surface area contributed by atoms with Crippen LogP contribution in [0.3, 0.4) is 0 Å². The topological polar surface area (TPSA) is 66.5 Å². The molecule has 0 aliphatic rings. The van der Waals surface area contributed by atoms with Gasteiger partial charge in [0.05, 0.1) is 0 Å². The summed E-state index contributed by atoms with van der Waals surface area (Å²) < 4.78 is 0. The van der Waals surface area contributed by atoms with Crippen molar-refractivity contribution in [1.29, 1.82) is 0 Å². The van der Waals surface area contributed by atoms with Gasteiger partial charge in [-0.1, -0.05) is 30.3 Å². The molecule has 0 unspecified atom stereocenters. The quantitative estimate of drug-likeness (QED) is 0.735. The molecule has 90 valence electrons. The molecule has 5 nitrogen and oxygen atoms in total. The maximum absolute atomic E-state index is 4.28. The highest BCUT2D eigenvalue weighted by atomic mass is 15.1. The number of fused-ring (bicyclic) bond motifs is 1. The highest BCUT2D eigenvalue weighted by molar-refractivity contribution is 5.82. The molecule has 3 rings (SSSR count). The molecule has 0 aliphatic carbocycles. The summed E-state index contributed by atoms with van der Waals surface area (Å²) in [5.41, 5.74) is 2.75. The van der Waals surface area contributed by atoms with E-state index < -0.39 is 0 Å². The molecule has 1 aromatic carbocycles. The lowest BCUT2D eigenvalue weighted by Crippen LogP contribution is -2.02. The standard InChI is InChI=1S/C13H13N5/c1-9-17-11-12(15-8-16-13(11)18-9)14-7-10-5-3-2-4-6-10/h2-6,8H,7H2,1H3,(H2,14,15,16,17,18). The van der Waals surface area contributed by atoms with Gasteiger partial charge in [0.25, 0.3) is 0 Å². The molecule has 0 atom stereocenters. The molecule has 5 heteroatoms. The number of hydrogen-bond donors (Lipinski definition) is 2. The van der Waals surface area contributed by atoms with E-state index in [1.807, 2.05) is 25.1 Å². The van der Waals surface area contributed by atoms with Gasteiger partial charge in [-0.05, 0) is 12.5 Å². The van der Waals surface area contributed by atoms with E-state index in [2.05, 4.69) is 37.4 Å². The van der Waals surface area contributed by atoms with E-state index in [-0.39, 0.29) is 0 Å². The van der Waals surface area contributed by atoms with Crippen LogP contribution in [0.1, 0.15) is 11.4 Å². The van der Waals surface area contributed by atoms with E-state index in [9.17, 15) is 0 Å². The number of aryl methyl sites for hydroxylation is 1. The van der Waals surface area contributed by atoms with Gasteiger partial charge in [0.2, 0.25) is 0 Å². The molecule has 0 radical (unpaired) electrons. The molecule has 0 bridgehead atoms. The summed E-state index contributed by atoms with van der Waals surface area (Å²) in [6.45, 7) is 2.63. The van der Waals surface area contributed by atoms with E-state index in [1.165, 1.54) is 11.9 Å². The van der Waals surface area contributed by atoms with Crippen molar-refractivity contribution in [3.8, 4) is 0 Å². The number of nitrogens with one attached hydrogen (secondary N) is 2. The zero-order chi connectivity index (χ0) is 12.4. The Kier molecular flexibility index (Phi) is 2.64. The highest BCUT2D eigenvalue weighted by Gasteiger charge is 2.06. The number of aromatic amines is 1. The molecule has 0 saturated carbocycles. The van der Waals surface area contributed by atoms with Gasteiger partial charge >= 0.3 is 0 Å². The van der Waals surface area contributed by atoms with Gasteiger partial charge in [-0.15, -0.1) is 0 Å². The summed E-state index contributed by atoms with van der Waals surface area (Å²) in [6, 6.07) is 10.2. The van der Waals surface area contributed by atoms with Crippen LogP contribution in [-0.4, -0.2) is 19.9 Å². The predicted molar refractivity (Wildman–Crippen MR) is 70.2 cm³/mol. The number of nitrogens with zero attached hydrogens (tertiary/aromatic N) is 3. The number of hydrogen-bond acceptors (Lipinski definition) is 4. The molecule has 0 fully saturated rings. The first-order valence-corrected chi connectivity index (χ1v) is 5.78. The first-order valence-electron chi connectivity index (χ1n) is 5.78. The van der Waals surface area contributed by atoms with Gasteiger partial charge in [0, 0.05) is 6.54 Å². The van der Waals surface area contributed by atoms with Crippen LogP contribution in [-0.2, 0) is 6.54 Å². The highest BCUT2D eigenvalue weighted by Crippen LogP contribution is 2.16. The van der Waals surface area contributed by atoms with Crippen molar-refractivity contribution in [1.82, 2.24) is 19.9 Å². The van der Waals surface area contributed by atoms with Gasteiger partial charge in [-0.2, -0.15) is 0 Å². The Morgan fingerprint density at radius 3 is 2.83 bits per heavy atom. The number of rotatable bonds is 3. The second kappa shape index (κ2) is 4.44. The van der Waals surface area contributed by atoms with Gasteiger partial charge in [-0.25, -0.2) is 15.0 Å². The van der Waals surface area contributed by atoms with E-state index in [1.54, 1.807) is 0 Å². The Labute approximate surface area is 104 Å². The number of anilines is 1. The van der Waals surface area contributed by atoms with Crippen molar-refractivity contribution >= 4 is 17.0 Å². The smallest absolute Gasteiger partial charge is 0.183 e. The van der Waals surface area contributed by atoms with Crippen LogP contribution in [0.5, 0.6) is 0 Å². The fraction of sp³-hybridized carbons (Fsp3) is 0.154. The molecule has 2 heterocycles. The normalized spacial score (nSPS) is 10.7. The van der Waals surface area contributed by atoms with Gasteiger partial charge in [0.1, 0.15) is 17.7 Å². The lowest BCUT2D eigenvalue weighted by molar-refractivity contribution is 1.10. The summed E-state index contributed by atoms with van der Waals surface area (Å²) in [7, 11) is 0. The Hall–Kier alpha value is -2.43. The Morgan fingerprint density at radius 1 is 1.17 bits per heavy atom. The fourth-order valence-electron chi connectivity index (χ4n) is 1.86. The first-order chi connectivity index (χ1) is 8.83. The number of imidazole rings is 1. The van der Waals surface area contributed by atoms with Crippen LogP contribution in [0.25, 0.3) is 11.2 Å². The SMILES string of the molecule is Cc1nc2ncnc(NCc3ccccc3)c2[nH]1. The minimum Gasteiger partial charge on any atom is -0.364 e. The lowest BCUT2D eigenvalue weighted by atomic mass is 10.2. The lowest BCUT2D eigenvalue weighted by Gasteiger charge is -2.05. The average Bonchev–Trinajstić information content (AvgIpc) is 2.78. The van der Waals surface area contributed by atoms with Crippen LogP contribution in [0.2, 0.25) is 0 Å². The van der Waals surface area contributed by atoms with Crippen LogP contribution in [0.15, 0.2) is 36.7 Å². The monoisotopic (exact) mass is 239 g/mol. The van der Waals surface area contributed by atoms with Crippen LogP contribution in [0.4, 0.5) is 5.82 Å². The molecular weight excluding hydrogens is 226 g/mol. The zero-order valence-electron chi connectivity index (χ0n) is 10.0. The van der Waals surface area contributed by atoms with Crippen molar-refractivity contribution in [2.24, 2.45) is 0 Å². The van der Waals surface area contributed by atoms with Crippen molar-refractivity contribution in [3.05, 3.63) is 48.0 Å². The first kappa shape index (κ1) is 10.7.